The van der Waals surface area contributed by atoms with E-state index in [1.807, 2.05) is 18.3 Å². The molecule has 0 bridgehead atoms. The average Bonchev–Trinajstić information content (AvgIpc) is 3.12. The molecule has 4 N–H and O–H groups in total. The number of anilines is 2. The molecule has 2 aromatic heterocycles. The molecule has 1 aliphatic rings. The summed E-state index contributed by atoms with van der Waals surface area (Å²) in [6, 6.07) is 5.56. The molecule has 0 saturated heterocycles. The minimum Gasteiger partial charge on any atom is -0.386 e. The average molecular weight is 385 g/mol. The van der Waals surface area contributed by atoms with E-state index in [1.165, 1.54) is 0 Å². The van der Waals surface area contributed by atoms with Gasteiger partial charge in [0.25, 0.3) is 0 Å². The smallest absolute Gasteiger partial charge is 0.248 e. The van der Waals surface area contributed by atoms with Gasteiger partial charge in [-0.15, -0.1) is 0 Å². The number of nitrogens with one attached hydrogen (secondary N) is 4. The Morgan fingerprint density at radius 3 is 2.79 bits per heavy atom. The second-order valence-corrected chi connectivity index (χ2v) is 7.03. The van der Waals surface area contributed by atoms with Crippen molar-refractivity contribution >= 4 is 28.4 Å². The van der Waals surface area contributed by atoms with Crippen molar-refractivity contribution in [2.24, 2.45) is 5.11 Å². The quantitative estimate of drug-likeness (QED) is 0.447. The van der Waals surface area contributed by atoms with Crippen molar-refractivity contribution in [3.05, 3.63) is 30.6 Å². The van der Waals surface area contributed by atoms with Crippen LogP contribution in [0, 0.1) is 5.53 Å². The van der Waals surface area contributed by atoms with E-state index >= 15 is 0 Å². The summed E-state index contributed by atoms with van der Waals surface area (Å²) in [6.07, 6.45) is 4.20. The molecule has 9 heteroatoms. The van der Waals surface area contributed by atoms with Crippen molar-refractivity contribution in [3.63, 3.8) is 0 Å². The highest BCUT2D eigenvalue weighted by atomic mass is 19.3. The van der Waals surface area contributed by atoms with Gasteiger partial charge in [0.15, 0.2) is 0 Å². The zero-order valence-corrected chi connectivity index (χ0v) is 15.4. The molecule has 1 fully saturated rings. The van der Waals surface area contributed by atoms with Crippen molar-refractivity contribution < 1.29 is 8.78 Å². The summed E-state index contributed by atoms with van der Waals surface area (Å²) in [5.74, 6) is -2.11. The van der Waals surface area contributed by atoms with Gasteiger partial charge in [-0.05, 0) is 30.5 Å². The van der Waals surface area contributed by atoms with Gasteiger partial charge in [-0.25, -0.2) is 19.3 Å². The predicted molar refractivity (Wildman–Crippen MR) is 105 cm³/mol. The number of H-pyrrole nitrogens is 1. The highest BCUT2D eigenvalue weighted by Gasteiger charge is 2.35. The maximum Gasteiger partial charge on any atom is 0.248 e. The minimum absolute atomic E-state index is 0.0362. The molecule has 2 heterocycles. The van der Waals surface area contributed by atoms with Crippen LogP contribution in [0.3, 0.4) is 0 Å². The van der Waals surface area contributed by atoms with Gasteiger partial charge >= 0.3 is 0 Å². The summed E-state index contributed by atoms with van der Waals surface area (Å²) >= 11 is 0. The van der Waals surface area contributed by atoms with Crippen molar-refractivity contribution in [3.8, 4) is 11.1 Å². The van der Waals surface area contributed by atoms with Gasteiger partial charge in [0.05, 0.1) is 5.69 Å². The first kappa shape index (κ1) is 18.3. The number of hydrogen-bond donors (Lipinski definition) is 4. The number of benzene rings is 1. The fraction of sp³-hybridized carbons (Fsp3) is 0.368. The molecule has 7 nitrogen and oxygen atoms in total. The van der Waals surface area contributed by atoms with E-state index in [0.29, 0.717) is 30.1 Å². The summed E-state index contributed by atoms with van der Waals surface area (Å²) < 4.78 is 26.6. The summed E-state index contributed by atoms with van der Waals surface area (Å²) in [5.41, 5.74) is 11.1. The van der Waals surface area contributed by atoms with E-state index in [1.54, 1.807) is 19.3 Å². The molecule has 146 valence electrons. The number of halogens is 2. The number of aromatic amines is 1. The number of alkyl halides is 2. The SMILES string of the molecule is CNc1cc(-c2c[nH]c3nc(NC4CCC(F)(F)CC4)ncc23)ccc1N=N. The number of rotatable bonds is 5. The molecule has 1 saturated carbocycles. The third-order valence-corrected chi connectivity index (χ3v) is 5.18. The Bertz CT molecular complexity index is 1000. The third-order valence-electron chi connectivity index (χ3n) is 5.18. The van der Waals surface area contributed by atoms with E-state index < -0.39 is 5.92 Å². The predicted octanol–water partition coefficient (Wildman–Crippen LogP) is 5.32. The lowest BCUT2D eigenvalue weighted by Gasteiger charge is -2.28. The molecular weight excluding hydrogens is 364 g/mol. The second kappa shape index (κ2) is 7.14. The molecule has 0 aliphatic heterocycles. The van der Waals surface area contributed by atoms with Crippen molar-refractivity contribution in [2.75, 3.05) is 17.7 Å². The number of nitrogens with zero attached hydrogens (tertiary/aromatic N) is 3. The normalized spacial score (nSPS) is 16.8. The lowest BCUT2D eigenvalue weighted by Crippen LogP contribution is -2.32. The van der Waals surface area contributed by atoms with Crippen LogP contribution in [-0.2, 0) is 0 Å². The molecule has 0 radical (unpaired) electrons. The van der Waals surface area contributed by atoms with Gasteiger partial charge in [0, 0.05) is 49.3 Å². The summed E-state index contributed by atoms with van der Waals surface area (Å²) in [6.45, 7) is 0. The third kappa shape index (κ3) is 3.51. The molecule has 4 rings (SSSR count). The van der Waals surface area contributed by atoms with Gasteiger partial charge < -0.3 is 15.6 Å². The van der Waals surface area contributed by atoms with Crippen molar-refractivity contribution in [1.82, 2.24) is 15.0 Å². The van der Waals surface area contributed by atoms with Crippen LogP contribution in [0.15, 0.2) is 35.7 Å². The standard InChI is InChI=1S/C19H21F2N7/c1-23-16-8-11(2-3-15(16)28-22)13-9-24-17-14(13)10-25-18(27-17)26-12-4-6-19(20,21)7-5-12/h2-3,8-10,12,22-23H,4-7H2,1H3,(H2,24,25,26,27). The maximum absolute atomic E-state index is 13.3. The van der Waals surface area contributed by atoms with Gasteiger partial charge in [0.1, 0.15) is 11.3 Å². The number of aromatic nitrogens is 3. The molecule has 1 aromatic carbocycles. The van der Waals surface area contributed by atoms with Gasteiger partial charge in [-0.3, -0.25) is 0 Å². The van der Waals surface area contributed by atoms with Gasteiger partial charge in [-0.2, -0.15) is 10.1 Å². The fourth-order valence-corrected chi connectivity index (χ4v) is 3.58. The lowest BCUT2D eigenvalue weighted by atomic mass is 9.92. The molecule has 1 aliphatic carbocycles. The topological polar surface area (TPSA) is 102 Å². The van der Waals surface area contributed by atoms with E-state index in [0.717, 1.165) is 22.2 Å². The Morgan fingerprint density at radius 1 is 1.29 bits per heavy atom. The Hall–Kier alpha value is -3.10. The first-order chi connectivity index (χ1) is 13.5. The molecule has 0 spiro atoms. The van der Waals surface area contributed by atoms with Crippen LogP contribution >= 0.6 is 0 Å². The fourth-order valence-electron chi connectivity index (χ4n) is 3.58. The largest absolute Gasteiger partial charge is 0.386 e. The number of hydrogen-bond acceptors (Lipinski definition) is 6. The Morgan fingerprint density at radius 2 is 2.07 bits per heavy atom. The highest BCUT2D eigenvalue weighted by molar-refractivity contribution is 5.94. The van der Waals surface area contributed by atoms with Crippen molar-refractivity contribution in [2.45, 2.75) is 37.6 Å². The van der Waals surface area contributed by atoms with Gasteiger partial charge in [0.2, 0.25) is 11.9 Å². The zero-order valence-electron chi connectivity index (χ0n) is 15.4. The van der Waals surface area contributed by atoms with E-state index in [-0.39, 0.29) is 18.9 Å². The van der Waals surface area contributed by atoms with Crippen LogP contribution < -0.4 is 10.6 Å². The Kier molecular flexibility index (Phi) is 4.66. The highest BCUT2D eigenvalue weighted by Crippen LogP contribution is 2.35. The molecule has 0 amide bonds. The summed E-state index contributed by atoms with van der Waals surface area (Å²) in [7, 11) is 1.78. The molecule has 28 heavy (non-hydrogen) atoms. The number of fused-ring (bicyclic) bond motifs is 1. The summed E-state index contributed by atoms with van der Waals surface area (Å²) in [4.78, 5) is 12.0. The minimum atomic E-state index is -2.55. The Balaban J connectivity index is 1.58. The molecule has 3 aromatic rings. The van der Waals surface area contributed by atoms with Crippen LogP contribution in [0.1, 0.15) is 25.7 Å². The van der Waals surface area contributed by atoms with E-state index in [9.17, 15) is 8.78 Å². The summed E-state index contributed by atoms with van der Waals surface area (Å²) in [5, 5.41) is 10.6. The lowest BCUT2D eigenvalue weighted by molar-refractivity contribution is -0.0361. The first-order valence-corrected chi connectivity index (χ1v) is 9.17. The molecule has 0 atom stereocenters. The second-order valence-electron chi connectivity index (χ2n) is 7.03. The van der Waals surface area contributed by atoms with Crippen LogP contribution in [0.4, 0.5) is 26.1 Å². The van der Waals surface area contributed by atoms with Crippen LogP contribution in [0.25, 0.3) is 22.2 Å². The first-order valence-electron chi connectivity index (χ1n) is 9.17. The van der Waals surface area contributed by atoms with Gasteiger partial charge in [-0.1, -0.05) is 6.07 Å². The maximum atomic E-state index is 13.3. The van der Waals surface area contributed by atoms with E-state index in [4.69, 9.17) is 5.53 Å². The van der Waals surface area contributed by atoms with Crippen LogP contribution in [-0.4, -0.2) is 34.0 Å². The van der Waals surface area contributed by atoms with Crippen LogP contribution in [0.2, 0.25) is 0 Å². The van der Waals surface area contributed by atoms with E-state index in [2.05, 4.69) is 30.7 Å². The monoisotopic (exact) mass is 385 g/mol. The van der Waals surface area contributed by atoms with Crippen molar-refractivity contribution in [1.29, 1.82) is 5.53 Å². The molecular formula is C19H21F2N7. The zero-order chi connectivity index (χ0) is 19.7. The molecule has 0 unspecified atom stereocenters. The Labute approximate surface area is 160 Å². The van der Waals surface area contributed by atoms with Crippen LogP contribution in [0.5, 0.6) is 0 Å².